The van der Waals surface area contributed by atoms with Gasteiger partial charge in [-0.1, -0.05) is 92.8 Å². The molecule has 1 nitrogen and oxygen atoms in total. The van der Waals surface area contributed by atoms with Gasteiger partial charge in [-0.05, 0) is 117 Å². The predicted molar refractivity (Wildman–Crippen MR) is 160 cm³/mol. The molecule has 3 heteroatoms. The van der Waals surface area contributed by atoms with Gasteiger partial charge in [0.25, 0.3) is 0 Å². The number of hydrogen-bond donors (Lipinski definition) is 1. The van der Waals surface area contributed by atoms with Crippen LogP contribution < -0.4 is 5.73 Å². The molecular weight excluding hydrogens is 481 g/mol. The largest absolute Gasteiger partial charge is 0.399 e. The molecule has 2 aliphatic carbocycles. The first kappa shape index (κ1) is 28.9. The SMILES string of the molecule is C=C/C(N)=C(\C=C(/C)C1=CC(C2CCCCCC2)CCCC=C1)CC(CC)c1c(Cl)ccc(C)c1Cl. The molecule has 0 heterocycles. The van der Waals surface area contributed by atoms with Crippen LogP contribution in [0.15, 0.2) is 71.5 Å². The van der Waals surface area contributed by atoms with Crippen molar-refractivity contribution in [3.63, 3.8) is 0 Å². The molecule has 0 spiro atoms. The van der Waals surface area contributed by atoms with Crippen molar-refractivity contribution in [3.8, 4) is 0 Å². The highest BCUT2D eigenvalue weighted by Gasteiger charge is 2.23. The van der Waals surface area contributed by atoms with Crippen LogP contribution in [0, 0.1) is 18.8 Å². The Morgan fingerprint density at radius 1 is 1.11 bits per heavy atom. The molecule has 1 saturated carbocycles. The minimum absolute atomic E-state index is 0.183. The minimum atomic E-state index is 0.183. The van der Waals surface area contributed by atoms with Crippen molar-refractivity contribution in [1.29, 1.82) is 0 Å². The van der Waals surface area contributed by atoms with Crippen LogP contribution in [0.1, 0.15) is 102 Å². The van der Waals surface area contributed by atoms with E-state index < -0.39 is 0 Å². The number of halogens is 2. The highest BCUT2D eigenvalue weighted by Crippen LogP contribution is 2.40. The zero-order valence-electron chi connectivity index (χ0n) is 22.6. The average molecular weight is 527 g/mol. The van der Waals surface area contributed by atoms with Crippen LogP contribution >= 0.6 is 23.2 Å². The van der Waals surface area contributed by atoms with E-state index in [1.54, 1.807) is 6.08 Å². The first-order valence-electron chi connectivity index (χ1n) is 14.0. The van der Waals surface area contributed by atoms with Crippen molar-refractivity contribution < 1.29 is 0 Å². The third-order valence-electron chi connectivity index (χ3n) is 8.23. The Kier molecular flexibility index (Phi) is 11.5. The first-order chi connectivity index (χ1) is 17.3. The maximum absolute atomic E-state index is 6.75. The van der Waals surface area contributed by atoms with Gasteiger partial charge in [-0.3, -0.25) is 0 Å². The molecule has 0 saturated heterocycles. The molecule has 0 bridgehead atoms. The maximum Gasteiger partial charge on any atom is 0.0484 e. The van der Waals surface area contributed by atoms with Crippen LogP contribution in [-0.4, -0.2) is 0 Å². The predicted octanol–water partition coefficient (Wildman–Crippen LogP) is 10.8. The highest BCUT2D eigenvalue weighted by atomic mass is 35.5. The molecule has 0 radical (unpaired) electrons. The van der Waals surface area contributed by atoms with Crippen molar-refractivity contribution in [2.24, 2.45) is 17.6 Å². The number of hydrogen-bond acceptors (Lipinski definition) is 1. The van der Waals surface area contributed by atoms with Crippen LogP contribution in [0.4, 0.5) is 0 Å². The van der Waals surface area contributed by atoms with Crippen LogP contribution in [0.3, 0.4) is 0 Å². The molecule has 2 unspecified atom stereocenters. The van der Waals surface area contributed by atoms with E-state index in [4.69, 9.17) is 28.9 Å². The zero-order chi connectivity index (χ0) is 26.1. The summed E-state index contributed by atoms with van der Waals surface area (Å²) in [5.41, 5.74) is 13.0. The second kappa shape index (κ2) is 14.3. The van der Waals surface area contributed by atoms with E-state index in [0.29, 0.717) is 5.92 Å². The molecule has 1 aromatic carbocycles. The van der Waals surface area contributed by atoms with E-state index in [1.165, 1.54) is 62.5 Å². The molecule has 36 heavy (non-hydrogen) atoms. The van der Waals surface area contributed by atoms with E-state index in [0.717, 1.165) is 57.6 Å². The number of aryl methyl sites for hydroxylation is 1. The second-order valence-corrected chi connectivity index (χ2v) is 11.6. The van der Waals surface area contributed by atoms with Crippen molar-refractivity contribution in [1.82, 2.24) is 0 Å². The summed E-state index contributed by atoms with van der Waals surface area (Å²) < 4.78 is 0. The van der Waals surface area contributed by atoms with E-state index in [2.05, 4.69) is 44.7 Å². The van der Waals surface area contributed by atoms with Crippen molar-refractivity contribution in [3.05, 3.63) is 92.7 Å². The maximum atomic E-state index is 6.75. The van der Waals surface area contributed by atoms with Gasteiger partial charge in [0.05, 0.1) is 0 Å². The number of benzene rings is 1. The molecule has 2 aliphatic rings. The van der Waals surface area contributed by atoms with E-state index in [1.807, 2.05) is 19.1 Å². The van der Waals surface area contributed by atoms with Gasteiger partial charge < -0.3 is 5.73 Å². The third kappa shape index (κ3) is 7.65. The molecule has 2 atom stereocenters. The fourth-order valence-corrected chi connectivity index (χ4v) is 6.61. The summed E-state index contributed by atoms with van der Waals surface area (Å²) in [6, 6.07) is 3.94. The fourth-order valence-electron chi connectivity index (χ4n) is 5.93. The van der Waals surface area contributed by atoms with E-state index in [-0.39, 0.29) is 5.92 Å². The Balaban J connectivity index is 1.94. The fraction of sp³-hybridized carbons (Fsp3) is 0.515. The third-order valence-corrected chi connectivity index (χ3v) is 9.06. The quantitative estimate of drug-likeness (QED) is 0.265. The van der Waals surface area contributed by atoms with Gasteiger partial charge in [-0.25, -0.2) is 0 Å². The number of allylic oxidation sites excluding steroid dienone is 8. The Morgan fingerprint density at radius 3 is 2.50 bits per heavy atom. The smallest absolute Gasteiger partial charge is 0.0484 e. The Bertz CT molecular complexity index is 1020. The first-order valence-corrected chi connectivity index (χ1v) is 14.7. The molecular formula is C33H45Cl2N. The molecule has 0 aliphatic heterocycles. The van der Waals surface area contributed by atoms with Gasteiger partial charge in [0.1, 0.15) is 0 Å². The lowest BCUT2D eigenvalue weighted by Gasteiger charge is -2.26. The second-order valence-electron chi connectivity index (χ2n) is 10.8. The van der Waals surface area contributed by atoms with Crippen LogP contribution in [0.25, 0.3) is 0 Å². The van der Waals surface area contributed by atoms with Gasteiger partial charge in [-0.15, -0.1) is 0 Å². The van der Waals surface area contributed by atoms with Gasteiger partial charge >= 0.3 is 0 Å². The molecule has 196 valence electrons. The van der Waals surface area contributed by atoms with Crippen LogP contribution in [0.5, 0.6) is 0 Å². The zero-order valence-corrected chi connectivity index (χ0v) is 24.1. The van der Waals surface area contributed by atoms with Gasteiger partial charge in [0.15, 0.2) is 0 Å². The lowest BCUT2D eigenvalue weighted by molar-refractivity contribution is 0.328. The lowest BCUT2D eigenvalue weighted by Crippen LogP contribution is -2.14. The van der Waals surface area contributed by atoms with E-state index in [9.17, 15) is 0 Å². The highest BCUT2D eigenvalue weighted by molar-refractivity contribution is 6.36. The van der Waals surface area contributed by atoms with Crippen molar-refractivity contribution >= 4 is 23.2 Å². The normalized spacial score (nSPS) is 21.6. The minimum Gasteiger partial charge on any atom is -0.399 e. The van der Waals surface area contributed by atoms with E-state index >= 15 is 0 Å². The number of nitrogens with two attached hydrogens (primary N) is 1. The lowest BCUT2D eigenvalue weighted by atomic mass is 9.80. The Morgan fingerprint density at radius 2 is 1.83 bits per heavy atom. The summed E-state index contributed by atoms with van der Waals surface area (Å²) in [5.74, 6) is 1.68. The summed E-state index contributed by atoms with van der Waals surface area (Å²) in [5, 5.41) is 1.50. The molecule has 2 N–H and O–H groups in total. The van der Waals surface area contributed by atoms with Gasteiger partial charge in [-0.2, -0.15) is 0 Å². The monoisotopic (exact) mass is 525 g/mol. The summed E-state index contributed by atoms with van der Waals surface area (Å²) in [7, 11) is 0. The summed E-state index contributed by atoms with van der Waals surface area (Å²) in [6.45, 7) is 10.4. The molecule has 1 fully saturated rings. The summed E-state index contributed by atoms with van der Waals surface area (Å²) in [4.78, 5) is 0. The number of rotatable bonds is 8. The van der Waals surface area contributed by atoms with Gasteiger partial charge in [0, 0.05) is 15.7 Å². The average Bonchev–Trinajstić information content (AvgIpc) is 3.14. The summed E-state index contributed by atoms with van der Waals surface area (Å²) >= 11 is 13.4. The van der Waals surface area contributed by atoms with Crippen molar-refractivity contribution in [2.45, 2.75) is 97.3 Å². The van der Waals surface area contributed by atoms with Gasteiger partial charge in [0.2, 0.25) is 0 Å². The molecule has 0 aromatic heterocycles. The molecule has 3 rings (SSSR count). The Hall–Kier alpha value is -1.70. The molecule has 1 aromatic rings. The summed E-state index contributed by atoms with van der Waals surface area (Å²) in [6.07, 6.45) is 25.1. The standard InChI is InChI=1S/C33H45Cl2N/c1-5-25(32-30(34)19-18-23(3)33(32)35)21-29(31(36)6-2)20-24(4)27-16-12-9-13-17-28(22-27)26-14-10-7-8-11-15-26/h6,12,16,18-20,22,25-26,28H,2,5,7-11,13-15,17,21,36H2,1,3-4H3/b16-12?,24-20+,27-22?,31-29-. The van der Waals surface area contributed by atoms with Crippen LogP contribution in [0.2, 0.25) is 10.0 Å². The molecule has 0 amide bonds. The van der Waals surface area contributed by atoms with Crippen molar-refractivity contribution in [2.75, 3.05) is 0 Å². The topological polar surface area (TPSA) is 26.0 Å². The Labute approximate surface area is 230 Å². The van der Waals surface area contributed by atoms with Crippen LogP contribution in [-0.2, 0) is 0 Å².